The van der Waals surface area contributed by atoms with Gasteiger partial charge >= 0.3 is 6.61 Å². The van der Waals surface area contributed by atoms with Gasteiger partial charge in [-0.3, -0.25) is 14.5 Å². The Morgan fingerprint density at radius 2 is 2.10 bits per heavy atom. The molecule has 1 aromatic carbocycles. The van der Waals surface area contributed by atoms with Crippen LogP contribution in [0, 0.1) is 0 Å². The minimum atomic E-state index is -2.89. The number of anilines is 1. The Balaban J connectivity index is 1.67. The number of nitrogens with zero attached hydrogens (tertiary/aromatic N) is 1. The highest BCUT2D eigenvalue weighted by Gasteiger charge is 2.27. The van der Waals surface area contributed by atoms with Gasteiger partial charge in [0.2, 0.25) is 5.91 Å². The summed E-state index contributed by atoms with van der Waals surface area (Å²) in [6.07, 6.45) is 2.68. The Bertz CT molecular complexity index is 916. The third-order valence-electron chi connectivity index (χ3n) is 5.00. The summed E-state index contributed by atoms with van der Waals surface area (Å²) < 4.78 is 29.2. The third-order valence-corrected chi connectivity index (χ3v) is 6.21. The Labute approximate surface area is 171 Å². The number of carbonyl (C=O) groups is 2. The van der Waals surface area contributed by atoms with Crippen molar-refractivity contribution >= 4 is 28.2 Å². The molecule has 9 heteroatoms. The molecule has 3 N–H and O–H groups in total. The molecule has 0 fully saturated rings. The van der Waals surface area contributed by atoms with Crippen LogP contribution < -0.4 is 15.8 Å². The highest BCUT2D eigenvalue weighted by atomic mass is 32.1. The number of nitrogens with one attached hydrogen (secondary N) is 1. The van der Waals surface area contributed by atoms with E-state index >= 15 is 0 Å². The van der Waals surface area contributed by atoms with E-state index in [-0.39, 0.29) is 11.7 Å². The van der Waals surface area contributed by atoms with Crippen LogP contribution in [0.5, 0.6) is 5.75 Å². The van der Waals surface area contributed by atoms with Crippen LogP contribution in [0.25, 0.3) is 0 Å². The smallest absolute Gasteiger partial charge is 0.387 e. The summed E-state index contributed by atoms with van der Waals surface area (Å²) in [7, 11) is 1.76. The van der Waals surface area contributed by atoms with Crippen molar-refractivity contribution in [2.75, 3.05) is 12.4 Å². The van der Waals surface area contributed by atoms with Gasteiger partial charge in [0, 0.05) is 11.4 Å². The summed E-state index contributed by atoms with van der Waals surface area (Å²) in [4.78, 5) is 27.5. The van der Waals surface area contributed by atoms with Crippen LogP contribution in [0.4, 0.5) is 13.8 Å². The monoisotopic (exact) mass is 423 g/mol. The van der Waals surface area contributed by atoms with E-state index < -0.39 is 18.6 Å². The first-order chi connectivity index (χ1) is 13.8. The number of fused-ring (bicyclic) bond motifs is 1. The van der Waals surface area contributed by atoms with Crippen LogP contribution >= 0.6 is 11.3 Å². The second-order valence-electron chi connectivity index (χ2n) is 7.03. The van der Waals surface area contributed by atoms with Crippen LogP contribution in [0.2, 0.25) is 0 Å². The zero-order valence-corrected chi connectivity index (χ0v) is 17.0. The molecule has 0 bridgehead atoms. The van der Waals surface area contributed by atoms with Gasteiger partial charge in [-0.15, -0.1) is 11.3 Å². The SMILES string of the molecule is CC(C(=O)Nc1sc2c(c1C(N)=O)CCC2)N(C)Cc1cccc(OC(F)F)c1. The van der Waals surface area contributed by atoms with Gasteiger partial charge in [0.25, 0.3) is 5.91 Å². The highest BCUT2D eigenvalue weighted by molar-refractivity contribution is 7.17. The average Bonchev–Trinajstić information content (AvgIpc) is 3.20. The molecule has 1 heterocycles. The number of thiophene rings is 1. The largest absolute Gasteiger partial charge is 0.435 e. The minimum Gasteiger partial charge on any atom is -0.435 e. The molecular weight excluding hydrogens is 400 g/mol. The Kier molecular flexibility index (Phi) is 6.49. The lowest BCUT2D eigenvalue weighted by Crippen LogP contribution is -2.39. The molecule has 2 aromatic rings. The molecule has 0 saturated carbocycles. The number of primary amides is 1. The predicted octanol–water partition coefficient (Wildman–Crippen LogP) is 3.40. The fourth-order valence-electron chi connectivity index (χ4n) is 3.41. The number of rotatable bonds is 8. The molecule has 1 aliphatic rings. The number of hydrogen-bond acceptors (Lipinski definition) is 5. The van der Waals surface area contributed by atoms with Crippen molar-refractivity contribution in [2.45, 2.75) is 45.4 Å². The van der Waals surface area contributed by atoms with Crippen LogP contribution in [-0.2, 0) is 24.2 Å². The molecule has 156 valence electrons. The zero-order chi connectivity index (χ0) is 21.1. The quantitative estimate of drug-likeness (QED) is 0.682. The maximum atomic E-state index is 12.7. The van der Waals surface area contributed by atoms with E-state index in [2.05, 4.69) is 10.1 Å². The Morgan fingerprint density at radius 3 is 2.79 bits per heavy atom. The van der Waals surface area contributed by atoms with E-state index in [1.54, 1.807) is 31.0 Å². The van der Waals surface area contributed by atoms with Crippen LogP contribution in [0.1, 0.15) is 39.7 Å². The predicted molar refractivity (Wildman–Crippen MR) is 107 cm³/mol. The van der Waals surface area contributed by atoms with Gasteiger partial charge in [-0.05, 0) is 56.5 Å². The standard InChI is InChI=1S/C20H23F2N3O3S/c1-11(25(2)10-12-5-3-6-13(9-12)28-20(21)22)18(27)24-19-16(17(23)26)14-7-4-8-15(14)29-19/h3,5-6,9,11,20H,4,7-8,10H2,1-2H3,(H2,23,26)(H,24,27). The van der Waals surface area contributed by atoms with Crippen molar-refractivity contribution in [3.8, 4) is 5.75 Å². The van der Waals surface area contributed by atoms with Crippen LogP contribution in [0.15, 0.2) is 24.3 Å². The maximum Gasteiger partial charge on any atom is 0.387 e. The summed E-state index contributed by atoms with van der Waals surface area (Å²) >= 11 is 1.41. The van der Waals surface area contributed by atoms with Crippen LogP contribution in [-0.4, -0.2) is 36.4 Å². The number of halogens is 2. The molecule has 1 aromatic heterocycles. The van der Waals surface area contributed by atoms with E-state index in [9.17, 15) is 18.4 Å². The van der Waals surface area contributed by atoms with Gasteiger partial charge in [0.05, 0.1) is 11.6 Å². The normalized spacial score (nSPS) is 14.1. The number of alkyl halides is 2. The van der Waals surface area contributed by atoms with Crippen molar-refractivity contribution in [1.82, 2.24) is 4.90 Å². The van der Waals surface area contributed by atoms with Crippen molar-refractivity contribution in [3.05, 3.63) is 45.8 Å². The zero-order valence-electron chi connectivity index (χ0n) is 16.2. The number of hydrogen-bond donors (Lipinski definition) is 2. The molecule has 1 atom stereocenters. The number of benzene rings is 1. The number of likely N-dealkylation sites (N-methyl/N-ethyl adjacent to an activating group) is 1. The van der Waals surface area contributed by atoms with E-state index in [4.69, 9.17) is 5.73 Å². The maximum absolute atomic E-state index is 12.7. The second-order valence-corrected chi connectivity index (χ2v) is 8.14. The summed E-state index contributed by atoms with van der Waals surface area (Å²) in [5.74, 6) is -0.728. The van der Waals surface area contributed by atoms with Crippen molar-refractivity contribution in [1.29, 1.82) is 0 Å². The molecule has 6 nitrogen and oxygen atoms in total. The van der Waals surface area contributed by atoms with Gasteiger partial charge < -0.3 is 15.8 Å². The molecule has 1 unspecified atom stereocenters. The Morgan fingerprint density at radius 1 is 1.34 bits per heavy atom. The van der Waals surface area contributed by atoms with Gasteiger partial charge in [0.1, 0.15) is 10.8 Å². The van der Waals surface area contributed by atoms with Gasteiger partial charge in [-0.1, -0.05) is 12.1 Å². The Hall–Kier alpha value is -2.52. The van der Waals surface area contributed by atoms with E-state index in [0.29, 0.717) is 17.1 Å². The number of ether oxygens (including phenoxy) is 1. The summed E-state index contributed by atoms with van der Waals surface area (Å²) in [5.41, 5.74) is 7.64. The third kappa shape index (κ3) is 4.91. The lowest BCUT2D eigenvalue weighted by atomic mass is 10.1. The first kappa shape index (κ1) is 21.2. The molecule has 29 heavy (non-hydrogen) atoms. The number of amides is 2. The highest BCUT2D eigenvalue weighted by Crippen LogP contribution is 2.38. The molecule has 0 saturated heterocycles. The number of nitrogens with two attached hydrogens (primary N) is 1. The molecule has 0 radical (unpaired) electrons. The first-order valence-electron chi connectivity index (χ1n) is 9.25. The molecule has 0 spiro atoms. The van der Waals surface area contributed by atoms with Gasteiger partial charge in [-0.2, -0.15) is 8.78 Å². The number of carbonyl (C=O) groups excluding carboxylic acids is 2. The molecule has 1 aliphatic carbocycles. The fraction of sp³-hybridized carbons (Fsp3) is 0.400. The van der Waals surface area contributed by atoms with Crippen molar-refractivity contribution in [2.24, 2.45) is 5.73 Å². The lowest BCUT2D eigenvalue weighted by molar-refractivity contribution is -0.120. The lowest BCUT2D eigenvalue weighted by Gasteiger charge is -2.24. The molecule has 0 aliphatic heterocycles. The summed E-state index contributed by atoms with van der Waals surface area (Å²) in [6, 6.07) is 5.84. The van der Waals surface area contributed by atoms with E-state index in [0.717, 1.165) is 35.3 Å². The van der Waals surface area contributed by atoms with E-state index in [1.165, 1.54) is 23.5 Å². The average molecular weight is 423 g/mol. The van der Waals surface area contributed by atoms with Gasteiger partial charge in [-0.25, -0.2) is 0 Å². The van der Waals surface area contributed by atoms with Gasteiger partial charge in [0.15, 0.2) is 0 Å². The fourth-order valence-corrected chi connectivity index (χ4v) is 4.71. The number of aryl methyl sites for hydroxylation is 1. The van der Waals surface area contributed by atoms with Crippen LogP contribution in [0.3, 0.4) is 0 Å². The van der Waals surface area contributed by atoms with E-state index in [1.807, 2.05) is 0 Å². The minimum absolute atomic E-state index is 0.0715. The summed E-state index contributed by atoms with van der Waals surface area (Å²) in [5, 5.41) is 3.34. The van der Waals surface area contributed by atoms with Crippen molar-refractivity contribution in [3.63, 3.8) is 0 Å². The topological polar surface area (TPSA) is 84.7 Å². The van der Waals surface area contributed by atoms with Crippen molar-refractivity contribution < 1.29 is 23.1 Å². The first-order valence-corrected chi connectivity index (χ1v) is 10.1. The molecule has 2 amide bonds. The summed E-state index contributed by atoms with van der Waals surface area (Å²) in [6.45, 7) is -0.793. The second kappa shape index (κ2) is 8.87. The molecular formula is C20H23F2N3O3S. The molecule has 3 rings (SSSR count).